The van der Waals surface area contributed by atoms with E-state index in [0.29, 0.717) is 18.8 Å². The first-order chi connectivity index (χ1) is 14.7. The normalized spacial score (nSPS) is 16.9. The van der Waals surface area contributed by atoms with E-state index < -0.39 is 15.8 Å². The van der Waals surface area contributed by atoms with E-state index in [-0.39, 0.29) is 35.9 Å². The highest BCUT2D eigenvalue weighted by Crippen LogP contribution is 2.25. The summed E-state index contributed by atoms with van der Waals surface area (Å²) in [4.78, 5) is 12.8. The first-order valence-electron chi connectivity index (χ1n) is 10.8. The van der Waals surface area contributed by atoms with Crippen molar-refractivity contribution < 1.29 is 17.6 Å². The summed E-state index contributed by atoms with van der Waals surface area (Å²) in [5.41, 5.74) is 2.34. The molecule has 1 aliphatic rings. The molecule has 0 saturated carbocycles. The topological polar surface area (TPSA) is 66.5 Å². The molecule has 1 fully saturated rings. The maximum absolute atomic E-state index is 13.1. The minimum absolute atomic E-state index is 0.0439. The summed E-state index contributed by atoms with van der Waals surface area (Å²) >= 11 is 0. The number of sulfonamides is 1. The Bertz CT molecular complexity index is 980. The molecule has 0 bridgehead atoms. The first kappa shape index (κ1) is 23.4. The molecule has 3 rings (SSSR count). The van der Waals surface area contributed by atoms with Crippen LogP contribution in [0.4, 0.5) is 4.39 Å². The molecule has 1 N–H and O–H groups in total. The molecule has 0 aromatic heterocycles. The summed E-state index contributed by atoms with van der Waals surface area (Å²) in [6.45, 7) is 6.88. The smallest absolute Gasteiger partial charge is 0.243 e. The van der Waals surface area contributed by atoms with E-state index in [0.717, 1.165) is 24.1 Å². The Morgan fingerprint density at radius 2 is 1.61 bits per heavy atom. The quantitative estimate of drug-likeness (QED) is 0.690. The minimum Gasteiger partial charge on any atom is -0.349 e. The molecule has 5 nitrogen and oxygen atoms in total. The van der Waals surface area contributed by atoms with Crippen LogP contribution in [0, 0.1) is 17.7 Å². The number of piperidine rings is 1. The van der Waals surface area contributed by atoms with Crippen LogP contribution in [0.5, 0.6) is 0 Å². The molecule has 7 heteroatoms. The van der Waals surface area contributed by atoms with Crippen LogP contribution in [-0.4, -0.2) is 31.7 Å². The summed E-state index contributed by atoms with van der Waals surface area (Å²) in [5.74, 6) is -0.140. The van der Waals surface area contributed by atoms with Gasteiger partial charge in [-0.1, -0.05) is 38.1 Å². The van der Waals surface area contributed by atoms with E-state index in [4.69, 9.17) is 0 Å². The van der Waals surface area contributed by atoms with E-state index in [1.54, 1.807) is 0 Å². The summed E-state index contributed by atoms with van der Waals surface area (Å²) in [5, 5.41) is 3.07. The number of carbonyl (C=O) groups excluding carboxylic acids is 1. The Labute approximate surface area is 184 Å². The lowest BCUT2D eigenvalue weighted by Crippen LogP contribution is -2.43. The third-order valence-corrected chi connectivity index (χ3v) is 7.67. The summed E-state index contributed by atoms with van der Waals surface area (Å²) in [6.07, 6.45) is 1.96. The van der Waals surface area contributed by atoms with Crippen molar-refractivity contribution in [3.05, 3.63) is 65.5 Å². The number of rotatable bonds is 7. The molecule has 31 heavy (non-hydrogen) atoms. The molecule has 2 aromatic rings. The zero-order valence-corrected chi connectivity index (χ0v) is 19.2. The van der Waals surface area contributed by atoms with Crippen molar-refractivity contribution in [2.45, 2.75) is 51.0 Å². The van der Waals surface area contributed by atoms with E-state index in [1.165, 1.54) is 22.0 Å². The van der Waals surface area contributed by atoms with Gasteiger partial charge < -0.3 is 5.32 Å². The van der Waals surface area contributed by atoms with Gasteiger partial charge in [-0.25, -0.2) is 12.8 Å². The monoisotopic (exact) mass is 446 g/mol. The van der Waals surface area contributed by atoms with Gasteiger partial charge in [-0.3, -0.25) is 4.79 Å². The number of nitrogens with one attached hydrogen (secondary N) is 1. The van der Waals surface area contributed by atoms with Crippen molar-refractivity contribution in [3.63, 3.8) is 0 Å². The van der Waals surface area contributed by atoms with E-state index in [9.17, 15) is 17.6 Å². The van der Waals surface area contributed by atoms with Gasteiger partial charge in [-0.2, -0.15) is 4.31 Å². The maximum atomic E-state index is 13.1. The number of hydrogen-bond donors (Lipinski definition) is 1. The van der Waals surface area contributed by atoms with Gasteiger partial charge in [0.1, 0.15) is 5.82 Å². The number of halogens is 1. The number of carbonyl (C=O) groups is 1. The van der Waals surface area contributed by atoms with E-state index >= 15 is 0 Å². The van der Waals surface area contributed by atoms with Crippen LogP contribution in [-0.2, 0) is 21.2 Å². The predicted octanol–water partition coefficient (Wildman–Crippen LogP) is 4.30. The first-order valence-corrected chi connectivity index (χ1v) is 12.3. The van der Waals surface area contributed by atoms with Crippen LogP contribution in [0.15, 0.2) is 53.4 Å². The fraction of sp³-hybridized carbons (Fsp3) is 0.458. The molecule has 0 spiro atoms. The van der Waals surface area contributed by atoms with Crippen LogP contribution in [0.2, 0.25) is 0 Å². The third-order valence-electron chi connectivity index (χ3n) is 5.76. The molecule has 0 aliphatic carbocycles. The molecule has 1 atom stereocenters. The Morgan fingerprint density at radius 3 is 2.16 bits per heavy atom. The highest BCUT2D eigenvalue weighted by molar-refractivity contribution is 7.89. The Balaban J connectivity index is 1.54. The summed E-state index contributed by atoms with van der Waals surface area (Å²) in [7, 11) is -3.67. The lowest BCUT2D eigenvalue weighted by molar-refractivity contribution is -0.126. The van der Waals surface area contributed by atoms with Gasteiger partial charge in [0.2, 0.25) is 15.9 Å². The molecule has 0 radical (unpaired) electrons. The highest BCUT2D eigenvalue weighted by Gasteiger charge is 2.32. The SMILES string of the molecule is CC(C)Cc1ccc(C(C)NC(=O)C2CCN(S(=O)(=O)c3ccc(F)cc3)CC2)cc1. The number of amides is 1. The molecule has 1 heterocycles. The average Bonchev–Trinajstić information content (AvgIpc) is 2.74. The van der Waals surface area contributed by atoms with Crippen LogP contribution >= 0.6 is 0 Å². The number of benzene rings is 2. The van der Waals surface area contributed by atoms with Crippen molar-refractivity contribution in [2.24, 2.45) is 11.8 Å². The largest absolute Gasteiger partial charge is 0.349 e. The molecule has 1 amide bonds. The van der Waals surface area contributed by atoms with Gasteiger partial charge in [0.15, 0.2) is 0 Å². The van der Waals surface area contributed by atoms with Gasteiger partial charge in [0, 0.05) is 19.0 Å². The minimum atomic E-state index is -3.67. The van der Waals surface area contributed by atoms with Crippen LogP contribution in [0.1, 0.15) is 50.8 Å². The standard InChI is InChI=1S/C24H31FN2O3S/c1-17(2)16-19-4-6-20(7-5-19)18(3)26-24(28)21-12-14-27(15-13-21)31(29,30)23-10-8-22(25)9-11-23/h4-11,17-18,21H,12-16H2,1-3H3,(H,26,28). The van der Waals surface area contributed by atoms with Crippen molar-refractivity contribution >= 4 is 15.9 Å². The molecule has 1 aliphatic heterocycles. The predicted molar refractivity (Wildman–Crippen MR) is 119 cm³/mol. The zero-order chi connectivity index (χ0) is 22.6. The van der Waals surface area contributed by atoms with Crippen molar-refractivity contribution in [3.8, 4) is 0 Å². The van der Waals surface area contributed by atoms with E-state index in [2.05, 4.69) is 43.4 Å². The van der Waals surface area contributed by atoms with Crippen LogP contribution in [0.3, 0.4) is 0 Å². The molecule has 2 aromatic carbocycles. The molecule has 168 valence electrons. The molecular weight excluding hydrogens is 415 g/mol. The van der Waals surface area contributed by atoms with Crippen molar-refractivity contribution in [1.82, 2.24) is 9.62 Å². The third kappa shape index (κ3) is 5.92. The second kappa shape index (κ2) is 9.92. The van der Waals surface area contributed by atoms with E-state index in [1.807, 2.05) is 6.92 Å². The summed E-state index contributed by atoms with van der Waals surface area (Å²) in [6, 6.07) is 13.1. The number of hydrogen-bond acceptors (Lipinski definition) is 3. The van der Waals surface area contributed by atoms with Crippen molar-refractivity contribution in [1.29, 1.82) is 0 Å². The molecular formula is C24H31FN2O3S. The van der Waals surface area contributed by atoms with Crippen LogP contribution < -0.4 is 5.32 Å². The highest BCUT2D eigenvalue weighted by atomic mass is 32.2. The lowest BCUT2D eigenvalue weighted by Gasteiger charge is -2.31. The van der Waals surface area contributed by atoms with Gasteiger partial charge in [0.25, 0.3) is 0 Å². The Kier molecular flexibility index (Phi) is 7.49. The number of nitrogens with zero attached hydrogens (tertiary/aromatic N) is 1. The maximum Gasteiger partial charge on any atom is 0.243 e. The fourth-order valence-electron chi connectivity index (χ4n) is 3.94. The van der Waals surface area contributed by atoms with Gasteiger partial charge in [-0.15, -0.1) is 0 Å². The molecule has 1 unspecified atom stereocenters. The Morgan fingerprint density at radius 1 is 1.03 bits per heavy atom. The Hall–Kier alpha value is -2.25. The fourth-order valence-corrected chi connectivity index (χ4v) is 5.41. The lowest BCUT2D eigenvalue weighted by atomic mass is 9.96. The van der Waals surface area contributed by atoms with Crippen molar-refractivity contribution in [2.75, 3.05) is 13.1 Å². The second-order valence-electron chi connectivity index (χ2n) is 8.70. The summed E-state index contributed by atoms with van der Waals surface area (Å²) < 4.78 is 39.9. The zero-order valence-electron chi connectivity index (χ0n) is 18.3. The van der Waals surface area contributed by atoms with Gasteiger partial charge in [-0.05, 0) is 67.5 Å². The van der Waals surface area contributed by atoms with Gasteiger partial charge in [0.05, 0.1) is 10.9 Å². The van der Waals surface area contributed by atoms with Gasteiger partial charge >= 0.3 is 0 Å². The van der Waals surface area contributed by atoms with Crippen LogP contribution in [0.25, 0.3) is 0 Å². The average molecular weight is 447 g/mol. The second-order valence-corrected chi connectivity index (χ2v) is 10.6. The molecule has 1 saturated heterocycles.